The average Bonchev–Trinajstić information content (AvgIpc) is 2.09. The van der Waals surface area contributed by atoms with E-state index in [4.69, 9.17) is 11.6 Å². The lowest BCUT2D eigenvalue weighted by Crippen LogP contribution is -2.40. The summed E-state index contributed by atoms with van der Waals surface area (Å²) in [7, 11) is 0. The maximum atomic E-state index is 5.76. The summed E-state index contributed by atoms with van der Waals surface area (Å²) in [6.45, 7) is 4.64. The molecule has 0 aromatic carbocycles. The van der Waals surface area contributed by atoms with E-state index in [0.717, 1.165) is 18.5 Å². The van der Waals surface area contributed by atoms with Crippen LogP contribution in [-0.2, 0) is 0 Å². The summed E-state index contributed by atoms with van der Waals surface area (Å²) >= 11 is 5.76. The molecule has 0 aromatic rings. The van der Waals surface area contributed by atoms with Crippen LogP contribution in [0.25, 0.3) is 0 Å². The number of rotatable bonds is 4. The predicted molar refractivity (Wildman–Crippen MR) is 54.8 cm³/mol. The van der Waals surface area contributed by atoms with E-state index in [9.17, 15) is 0 Å². The molecule has 0 radical (unpaired) electrons. The zero-order chi connectivity index (χ0) is 8.81. The molecule has 0 bridgehead atoms. The number of alkyl halides is 1. The minimum absolute atomic E-state index is 0.792. The number of hydrogen-bond donors (Lipinski definition) is 0. The van der Waals surface area contributed by atoms with E-state index in [0.29, 0.717) is 0 Å². The Morgan fingerprint density at radius 1 is 1.42 bits per heavy atom. The summed E-state index contributed by atoms with van der Waals surface area (Å²) in [5.74, 6) is 0.792. The normalized spacial score (nSPS) is 26.0. The fourth-order valence-electron chi connectivity index (χ4n) is 2.12. The molecular formula is C10H20ClN. The van der Waals surface area contributed by atoms with Gasteiger partial charge in [0.05, 0.1) is 0 Å². The van der Waals surface area contributed by atoms with Crippen LogP contribution < -0.4 is 0 Å². The predicted octanol–water partition coefficient (Wildman–Crippen LogP) is 2.88. The summed E-state index contributed by atoms with van der Waals surface area (Å²) in [5, 5.41) is 0. The third-order valence-electron chi connectivity index (χ3n) is 2.74. The highest BCUT2D eigenvalue weighted by atomic mass is 35.5. The molecule has 0 saturated carbocycles. The zero-order valence-electron chi connectivity index (χ0n) is 8.06. The lowest BCUT2D eigenvalue weighted by atomic mass is 9.98. The van der Waals surface area contributed by atoms with Gasteiger partial charge in [-0.15, -0.1) is 11.6 Å². The summed E-state index contributed by atoms with van der Waals surface area (Å²) in [5.41, 5.74) is 0. The van der Waals surface area contributed by atoms with E-state index in [1.165, 1.54) is 38.6 Å². The van der Waals surface area contributed by atoms with Crippen molar-refractivity contribution in [1.29, 1.82) is 0 Å². The van der Waals surface area contributed by atoms with Crippen LogP contribution >= 0.6 is 11.6 Å². The fraction of sp³-hybridized carbons (Fsp3) is 1.00. The molecule has 1 unspecified atom stereocenters. The molecule has 1 aliphatic heterocycles. The van der Waals surface area contributed by atoms with Gasteiger partial charge in [0, 0.05) is 18.5 Å². The van der Waals surface area contributed by atoms with Crippen molar-refractivity contribution in [3.63, 3.8) is 0 Å². The van der Waals surface area contributed by atoms with Crippen molar-refractivity contribution in [3.05, 3.63) is 0 Å². The van der Waals surface area contributed by atoms with Crippen LogP contribution in [0.3, 0.4) is 0 Å². The summed E-state index contributed by atoms with van der Waals surface area (Å²) < 4.78 is 0. The van der Waals surface area contributed by atoms with Crippen LogP contribution in [0.15, 0.2) is 0 Å². The van der Waals surface area contributed by atoms with E-state index in [-0.39, 0.29) is 0 Å². The van der Waals surface area contributed by atoms with Crippen molar-refractivity contribution >= 4 is 11.6 Å². The van der Waals surface area contributed by atoms with Gasteiger partial charge in [-0.1, -0.05) is 19.8 Å². The second kappa shape index (κ2) is 5.82. The van der Waals surface area contributed by atoms with Gasteiger partial charge < -0.3 is 0 Å². The third kappa shape index (κ3) is 2.95. The first-order valence-electron chi connectivity index (χ1n) is 5.18. The molecule has 1 fully saturated rings. The standard InChI is InChI=1S/C10H20ClN/c1-2-5-10-6-3-4-8-12(10)9-7-11/h10H,2-9H2,1H3. The quantitative estimate of drug-likeness (QED) is 0.615. The maximum absolute atomic E-state index is 5.76. The topological polar surface area (TPSA) is 3.24 Å². The molecule has 1 saturated heterocycles. The highest BCUT2D eigenvalue weighted by Crippen LogP contribution is 2.20. The molecule has 0 spiro atoms. The Morgan fingerprint density at radius 3 is 2.92 bits per heavy atom. The Labute approximate surface area is 81.1 Å². The summed E-state index contributed by atoms with van der Waals surface area (Å²) in [4.78, 5) is 2.57. The molecule has 1 nitrogen and oxygen atoms in total. The second-order valence-corrected chi connectivity index (χ2v) is 4.04. The Balaban J connectivity index is 2.31. The van der Waals surface area contributed by atoms with Gasteiger partial charge in [-0.2, -0.15) is 0 Å². The molecule has 0 N–H and O–H groups in total. The minimum atomic E-state index is 0.792. The van der Waals surface area contributed by atoms with Gasteiger partial charge in [0.1, 0.15) is 0 Å². The Hall–Kier alpha value is 0.250. The molecule has 0 aliphatic carbocycles. The lowest BCUT2D eigenvalue weighted by molar-refractivity contribution is 0.148. The van der Waals surface area contributed by atoms with E-state index < -0.39 is 0 Å². The zero-order valence-corrected chi connectivity index (χ0v) is 8.82. The first-order valence-corrected chi connectivity index (χ1v) is 5.72. The molecular weight excluding hydrogens is 170 g/mol. The van der Waals surface area contributed by atoms with Crippen molar-refractivity contribution < 1.29 is 0 Å². The molecule has 1 aliphatic rings. The highest BCUT2D eigenvalue weighted by Gasteiger charge is 2.20. The van der Waals surface area contributed by atoms with Crippen molar-refractivity contribution in [2.45, 2.75) is 45.1 Å². The first-order chi connectivity index (χ1) is 5.88. The molecule has 1 heterocycles. The number of halogens is 1. The van der Waals surface area contributed by atoms with E-state index in [1.54, 1.807) is 0 Å². The highest BCUT2D eigenvalue weighted by molar-refractivity contribution is 6.18. The maximum Gasteiger partial charge on any atom is 0.0351 e. The molecule has 1 rings (SSSR count). The first kappa shape index (κ1) is 10.3. The van der Waals surface area contributed by atoms with Crippen molar-refractivity contribution in [3.8, 4) is 0 Å². The largest absolute Gasteiger partial charge is 0.299 e. The smallest absolute Gasteiger partial charge is 0.0351 e. The van der Waals surface area contributed by atoms with E-state index in [1.807, 2.05) is 0 Å². The fourth-order valence-corrected chi connectivity index (χ4v) is 2.34. The van der Waals surface area contributed by atoms with Gasteiger partial charge in [-0.25, -0.2) is 0 Å². The summed E-state index contributed by atoms with van der Waals surface area (Å²) in [6, 6.07) is 0.836. The average molecular weight is 190 g/mol. The molecule has 12 heavy (non-hydrogen) atoms. The van der Waals surface area contributed by atoms with Crippen molar-refractivity contribution in [1.82, 2.24) is 4.90 Å². The van der Waals surface area contributed by atoms with Gasteiger partial charge in [-0.3, -0.25) is 4.90 Å². The van der Waals surface area contributed by atoms with Gasteiger partial charge in [-0.05, 0) is 25.8 Å². The monoisotopic (exact) mass is 189 g/mol. The second-order valence-electron chi connectivity index (χ2n) is 3.66. The van der Waals surface area contributed by atoms with Crippen LogP contribution in [0.1, 0.15) is 39.0 Å². The van der Waals surface area contributed by atoms with Gasteiger partial charge in [0.15, 0.2) is 0 Å². The Bertz CT molecular complexity index is 98.4. The molecule has 2 heteroatoms. The van der Waals surface area contributed by atoms with E-state index in [2.05, 4.69) is 11.8 Å². The molecule has 72 valence electrons. The number of nitrogens with zero attached hydrogens (tertiary/aromatic N) is 1. The molecule has 0 amide bonds. The van der Waals surface area contributed by atoms with Crippen LogP contribution in [0.5, 0.6) is 0 Å². The number of likely N-dealkylation sites (tertiary alicyclic amines) is 1. The molecule has 0 aromatic heterocycles. The lowest BCUT2D eigenvalue weighted by Gasteiger charge is -2.35. The van der Waals surface area contributed by atoms with Crippen LogP contribution in [0.2, 0.25) is 0 Å². The van der Waals surface area contributed by atoms with Crippen LogP contribution in [0, 0.1) is 0 Å². The van der Waals surface area contributed by atoms with E-state index >= 15 is 0 Å². The minimum Gasteiger partial charge on any atom is -0.299 e. The molecule has 1 atom stereocenters. The van der Waals surface area contributed by atoms with Crippen molar-refractivity contribution in [2.75, 3.05) is 19.0 Å². The van der Waals surface area contributed by atoms with Crippen molar-refractivity contribution in [2.24, 2.45) is 0 Å². The third-order valence-corrected chi connectivity index (χ3v) is 2.91. The van der Waals surface area contributed by atoms with Crippen LogP contribution in [-0.4, -0.2) is 29.9 Å². The van der Waals surface area contributed by atoms with Gasteiger partial charge >= 0.3 is 0 Å². The number of hydrogen-bond acceptors (Lipinski definition) is 1. The summed E-state index contributed by atoms with van der Waals surface area (Å²) in [6.07, 6.45) is 6.85. The van der Waals surface area contributed by atoms with Gasteiger partial charge in [0.2, 0.25) is 0 Å². The van der Waals surface area contributed by atoms with Crippen LogP contribution in [0.4, 0.5) is 0 Å². The Morgan fingerprint density at radius 2 is 2.25 bits per heavy atom. The SMILES string of the molecule is CCCC1CCCCN1CCCl. The number of piperidine rings is 1. The van der Waals surface area contributed by atoms with Gasteiger partial charge in [0.25, 0.3) is 0 Å². The Kier molecular flexibility index (Phi) is 5.01.